The lowest BCUT2D eigenvalue weighted by Crippen LogP contribution is -2.42. The number of benzene rings is 1. The van der Waals surface area contributed by atoms with Crippen molar-refractivity contribution in [2.24, 2.45) is 7.05 Å². The van der Waals surface area contributed by atoms with Crippen LogP contribution in [0.25, 0.3) is 11.0 Å². The maximum absolute atomic E-state index is 13.1. The van der Waals surface area contributed by atoms with Crippen molar-refractivity contribution in [2.75, 3.05) is 11.9 Å². The minimum Gasteiger partial charge on any atom is -0.462 e. The first-order chi connectivity index (χ1) is 14.2. The first-order valence-electron chi connectivity index (χ1n) is 9.06. The molecule has 156 valence electrons. The van der Waals surface area contributed by atoms with Crippen molar-refractivity contribution in [2.45, 2.75) is 20.4 Å². The smallest absolute Gasteiger partial charge is 0.339 e. The molecule has 0 fully saturated rings. The number of anilines is 1. The van der Waals surface area contributed by atoms with Crippen molar-refractivity contribution in [3.05, 3.63) is 67.4 Å². The van der Waals surface area contributed by atoms with E-state index < -0.39 is 29.7 Å². The number of amides is 1. The van der Waals surface area contributed by atoms with Gasteiger partial charge in [0.1, 0.15) is 12.2 Å². The van der Waals surface area contributed by atoms with Crippen LogP contribution in [0.3, 0.4) is 0 Å². The number of halogens is 1. The maximum Gasteiger partial charge on any atom is 0.339 e. The Hall–Kier alpha value is -3.46. The van der Waals surface area contributed by atoms with E-state index in [0.29, 0.717) is 16.4 Å². The largest absolute Gasteiger partial charge is 0.462 e. The lowest BCUT2D eigenvalue weighted by molar-refractivity contribution is -0.116. The van der Waals surface area contributed by atoms with Crippen LogP contribution >= 0.6 is 11.6 Å². The second kappa shape index (κ2) is 8.50. The number of fused-ring (bicyclic) bond motifs is 1. The third kappa shape index (κ3) is 4.11. The second-order valence-corrected chi connectivity index (χ2v) is 6.95. The Morgan fingerprint density at radius 2 is 1.87 bits per heavy atom. The summed E-state index contributed by atoms with van der Waals surface area (Å²) in [5, 5.41) is 3.01. The number of carbonyl (C=O) groups excluding carboxylic acids is 2. The summed E-state index contributed by atoms with van der Waals surface area (Å²) in [7, 11) is 1.42. The first-order valence-corrected chi connectivity index (χ1v) is 9.44. The molecule has 0 atom stereocenters. The van der Waals surface area contributed by atoms with E-state index in [0.717, 1.165) is 9.13 Å². The number of carbonyl (C=O) groups is 2. The van der Waals surface area contributed by atoms with Gasteiger partial charge in [-0.05, 0) is 44.2 Å². The predicted molar refractivity (Wildman–Crippen MR) is 112 cm³/mol. The van der Waals surface area contributed by atoms with E-state index in [4.69, 9.17) is 16.3 Å². The van der Waals surface area contributed by atoms with Crippen molar-refractivity contribution in [1.29, 1.82) is 0 Å². The molecule has 2 aromatic heterocycles. The Kier molecular flexibility index (Phi) is 6.02. The number of hydrogen-bond donors (Lipinski definition) is 1. The molecular weight excluding hydrogens is 412 g/mol. The summed E-state index contributed by atoms with van der Waals surface area (Å²) in [6, 6.07) is 7.79. The van der Waals surface area contributed by atoms with E-state index in [1.54, 1.807) is 38.1 Å². The highest BCUT2D eigenvalue weighted by molar-refractivity contribution is 6.30. The van der Waals surface area contributed by atoms with E-state index in [9.17, 15) is 19.2 Å². The zero-order valence-corrected chi connectivity index (χ0v) is 17.3. The standard InChI is InChI=1S/C20H19ClN4O5/c1-4-30-19(28)14-9-11(2)22-17-16(14)18(27)25(20(29)24(17)3)10-15(26)23-13-7-5-12(21)6-8-13/h5-9H,4,10H2,1-3H3,(H,23,26). The van der Waals surface area contributed by atoms with E-state index in [1.807, 2.05) is 0 Å². The quantitative estimate of drug-likeness (QED) is 0.618. The molecule has 30 heavy (non-hydrogen) atoms. The molecule has 10 heteroatoms. The van der Waals surface area contributed by atoms with Gasteiger partial charge in [0.2, 0.25) is 5.91 Å². The zero-order valence-electron chi connectivity index (χ0n) is 16.6. The van der Waals surface area contributed by atoms with Crippen LogP contribution in [0.5, 0.6) is 0 Å². The minimum absolute atomic E-state index is 0.00758. The monoisotopic (exact) mass is 430 g/mol. The summed E-state index contributed by atoms with van der Waals surface area (Å²) in [5.41, 5.74) is -0.589. The van der Waals surface area contributed by atoms with Crippen LogP contribution in [0.1, 0.15) is 23.0 Å². The summed E-state index contributed by atoms with van der Waals surface area (Å²) in [6.07, 6.45) is 0. The fourth-order valence-corrected chi connectivity index (χ4v) is 3.12. The molecule has 0 aliphatic heterocycles. The van der Waals surface area contributed by atoms with Crippen LogP contribution in [0.15, 0.2) is 39.9 Å². The molecular formula is C20H19ClN4O5. The Labute approximate surface area is 175 Å². The summed E-state index contributed by atoms with van der Waals surface area (Å²) in [4.78, 5) is 54.9. The molecule has 0 saturated heterocycles. The summed E-state index contributed by atoms with van der Waals surface area (Å²) >= 11 is 5.82. The maximum atomic E-state index is 13.1. The van der Waals surface area contributed by atoms with Crippen LogP contribution in [0.4, 0.5) is 5.69 Å². The number of esters is 1. The Morgan fingerprint density at radius 1 is 1.20 bits per heavy atom. The third-order valence-electron chi connectivity index (χ3n) is 4.35. The van der Waals surface area contributed by atoms with E-state index in [2.05, 4.69) is 10.3 Å². The number of nitrogens with one attached hydrogen (secondary N) is 1. The highest BCUT2D eigenvalue weighted by Crippen LogP contribution is 2.15. The first kappa shape index (κ1) is 21.3. The van der Waals surface area contributed by atoms with Gasteiger partial charge >= 0.3 is 11.7 Å². The van der Waals surface area contributed by atoms with Crippen LogP contribution in [0.2, 0.25) is 5.02 Å². The van der Waals surface area contributed by atoms with Gasteiger partial charge in [-0.1, -0.05) is 11.6 Å². The van der Waals surface area contributed by atoms with Gasteiger partial charge < -0.3 is 10.1 Å². The zero-order chi connectivity index (χ0) is 22.0. The molecule has 0 saturated carbocycles. The lowest BCUT2D eigenvalue weighted by Gasteiger charge is -2.13. The average Bonchev–Trinajstić information content (AvgIpc) is 2.70. The molecule has 3 rings (SSSR count). The predicted octanol–water partition coefficient (Wildman–Crippen LogP) is 1.87. The van der Waals surface area contributed by atoms with Gasteiger partial charge in [0, 0.05) is 23.5 Å². The molecule has 0 bridgehead atoms. The fourth-order valence-electron chi connectivity index (χ4n) is 2.99. The van der Waals surface area contributed by atoms with Crippen molar-refractivity contribution in [1.82, 2.24) is 14.1 Å². The minimum atomic E-state index is -0.796. The molecule has 9 nitrogen and oxygen atoms in total. The second-order valence-electron chi connectivity index (χ2n) is 6.52. The molecule has 0 aliphatic rings. The van der Waals surface area contributed by atoms with Gasteiger partial charge in [-0.2, -0.15) is 0 Å². The fraction of sp³-hybridized carbons (Fsp3) is 0.250. The van der Waals surface area contributed by atoms with Gasteiger partial charge in [-0.15, -0.1) is 0 Å². The summed E-state index contributed by atoms with van der Waals surface area (Å²) in [6.45, 7) is 2.85. The molecule has 0 spiro atoms. The molecule has 3 aromatic rings. The molecule has 2 heterocycles. The van der Waals surface area contributed by atoms with E-state index >= 15 is 0 Å². The van der Waals surface area contributed by atoms with Gasteiger partial charge in [-0.25, -0.2) is 14.6 Å². The van der Waals surface area contributed by atoms with Crippen molar-refractivity contribution in [3.63, 3.8) is 0 Å². The number of rotatable bonds is 5. The number of pyridine rings is 1. The van der Waals surface area contributed by atoms with Crippen LogP contribution in [0, 0.1) is 6.92 Å². The lowest BCUT2D eigenvalue weighted by atomic mass is 10.1. The number of aryl methyl sites for hydroxylation is 2. The molecule has 1 amide bonds. The highest BCUT2D eigenvalue weighted by Gasteiger charge is 2.22. The van der Waals surface area contributed by atoms with Gasteiger partial charge in [0.25, 0.3) is 5.56 Å². The average molecular weight is 431 g/mol. The third-order valence-corrected chi connectivity index (χ3v) is 4.60. The molecule has 0 unspecified atom stereocenters. The SMILES string of the molecule is CCOC(=O)c1cc(C)nc2c1c(=O)n(CC(=O)Nc1ccc(Cl)cc1)c(=O)n2C. The van der Waals surface area contributed by atoms with E-state index in [1.165, 1.54) is 13.1 Å². The number of hydrogen-bond acceptors (Lipinski definition) is 6. The number of nitrogens with zero attached hydrogens (tertiary/aromatic N) is 3. The van der Waals surface area contributed by atoms with E-state index in [-0.39, 0.29) is 23.2 Å². The van der Waals surface area contributed by atoms with Crippen molar-refractivity contribution in [3.8, 4) is 0 Å². The van der Waals surface area contributed by atoms with Crippen LogP contribution in [-0.2, 0) is 23.1 Å². The Morgan fingerprint density at radius 3 is 2.50 bits per heavy atom. The summed E-state index contributed by atoms with van der Waals surface area (Å²) in [5.74, 6) is -1.30. The molecule has 0 aliphatic carbocycles. The number of aromatic nitrogens is 3. The van der Waals surface area contributed by atoms with Crippen molar-refractivity contribution >= 4 is 40.2 Å². The highest BCUT2D eigenvalue weighted by atomic mass is 35.5. The molecule has 1 aromatic carbocycles. The number of ether oxygens (including phenoxy) is 1. The van der Waals surface area contributed by atoms with Crippen LogP contribution < -0.4 is 16.6 Å². The summed E-state index contributed by atoms with van der Waals surface area (Å²) < 4.78 is 6.92. The van der Waals surface area contributed by atoms with Gasteiger partial charge in [0.05, 0.1) is 17.6 Å². The van der Waals surface area contributed by atoms with Crippen molar-refractivity contribution < 1.29 is 14.3 Å². The normalized spacial score (nSPS) is 10.8. The van der Waals surface area contributed by atoms with Gasteiger partial charge in [0.15, 0.2) is 0 Å². The molecule has 1 N–H and O–H groups in total. The van der Waals surface area contributed by atoms with Crippen LogP contribution in [-0.4, -0.2) is 32.6 Å². The molecule has 0 radical (unpaired) electrons. The van der Waals surface area contributed by atoms with Gasteiger partial charge in [-0.3, -0.25) is 18.7 Å². The Balaban J connectivity index is 2.10. The topological polar surface area (TPSA) is 112 Å². The Bertz CT molecular complexity index is 1260.